The third kappa shape index (κ3) is 3.48. The average molecular weight is 249 g/mol. The van der Waals surface area contributed by atoms with Crippen LogP contribution in [0.15, 0.2) is 0 Å². The molecule has 0 unspecified atom stereocenters. The number of rotatable bonds is 6. The second kappa shape index (κ2) is 6.64. The van der Waals surface area contributed by atoms with E-state index < -0.39 is 0 Å². The van der Waals surface area contributed by atoms with Gasteiger partial charge in [-0.15, -0.1) is 0 Å². The molecule has 1 aromatic heterocycles. The van der Waals surface area contributed by atoms with E-state index in [1.807, 2.05) is 6.92 Å². The summed E-state index contributed by atoms with van der Waals surface area (Å²) in [4.78, 5) is 8.45. The van der Waals surface area contributed by atoms with Gasteiger partial charge in [-0.05, 0) is 12.8 Å². The number of hydrogen-bond donors (Lipinski definition) is 2. The number of ether oxygens (including phenoxy) is 1. The van der Waals surface area contributed by atoms with Gasteiger partial charge >= 0.3 is 0 Å². The van der Waals surface area contributed by atoms with Crippen molar-refractivity contribution >= 4 is 11.8 Å². The summed E-state index contributed by atoms with van der Waals surface area (Å²) in [6, 6.07) is 2.05. The fraction of sp³-hybridized carbons (Fsp3) is 0.583. The molecule has 1 rings (SSSR count). The number of nitriles is 1. The maximum absolute atomic E-state index is 9.10. The van der Waals surface area contributed by atoms with Crippen LogP contribution in [0.5, 0.6) is 5.88 Å². The van der Waals surface area contributed by atoms with E-state index >= 15 is 0 Å². The molecule has 6 heteroatoms. The predicted molar refractivity (Wildman–Crippen MR) is 70.8 cm³/mol. The average Bonchev–Trinajstić information content (AvgIpc) is 2.36. The Morgan fingerprint density at radius 1 is 1.33 bits per heavy atom. The summed E-state index contributed by atoms with van der Waals surface area (Å²) in [5.74, 6) is 1.74. The Labute approximate surface area is 107 Å². The van der Waals surface area contributed by atoms with Gasteiger partial charge in [0.25, 0.3) is 0 Å². The lowest BCUT2D eigenvalue weighted by molar-refractivity contribution is 0.396. The Morgan fingerprint density at radius 3 is 2.56 bits per heavy atom. The van der Waals surface area contributed by atoms with Gasteiger partial charge in [0.1, 0.15) is 6.07 Å². The molecule has 0 aliphatic carbocycles. The zero-order valence-corrected chi connectivity index (χ0v) is 11.2. The number of anilines is 2. The van der Waals surface area contributed by atoms with Crippen molar-refractivity contribution in [2.24, 2.45) is 5.92 Å². The topological polar surface area (TPSA) is 82.9 Å². The maximum atomic E-state index is 9.10. The normalized spacial score (nSPS) is 10.0. The van der Waals surface area contributed by atoms with E-state index in [2.05, 4.69) is 40.5 Å². The van der Waals surface area contributed by atoms with Gasteiger partial charge < -0.3 is 15.4 Å². The van der Waals surface area contributed by atoms with E-state index in [1.165, 1.54) is 7.11 Å². The van der Waals surface area contributed by atoms with Crippen LogP contribution >= 0.6 is 0 Å². The Balaban J connectivity index is 3.07. The van der Waals surface area contributed by atoms with Crippen molar-refractivity contribution < 1.29 is 4.74 Å². The van der Waals surface area contributed by atoms with Crippen LogP contribution in [0.3, 0.4) is 0 Å². The van der Waals surface area contributed by atoms with Crippen LogP contribution < -0.4 is 15.4 Å². The molecule has 1 aromatic rings. The molecule has 0 radical (unpaired) electrons. The molecule has 0 amide bonds. The van der Waals surface area contributed by atoms with Crippen molar-refractivity contribution in [2.45, 2.75) is 20.8 Å². The predicted octanol–water partition coefficient (Wildman–Crippen LogP) is 1.86. The molecule has 0 aliphatic heterocycles. The van der Waals surface area contributed by atoms with Crippen LogP contribution in [-0.4, -0.2) is 30.2 Å². The molecule has 0 bridgehead atoms. The lowest BCUT2D eigenvalue weighted by Gasteiger charge is -2.12. The molecule has 1 heterocycles. The first kappa shape index (κ1) is 14.0. The Morgan fingerprint density at radius 2 is 2.06 bits per heavy atom. The first-order valence-corrected chi connectivity index (χ1v) is 5.96. The molecule has 0 aliphatic rings. The van der Waals surface area contributed by atoms with Gasteiger partial charge in [-0.3, -0.25) is 0 Å². The third-order valence-electron chi connectivity index (χ3n) is 2.19. The van der Waals surface area contributed by atoms with Crippen LogP contribution in [0.25, 0.3) is 0 Å². The number of hydrogen-bond acceptors (Lipinski definition) is 6. The van der Waals surface area contributed by atoms with Crippen molar-refractivity contribution in [3.8, 4) is 11.9 Å². The van der Waals surface area contributed by atoms with Crippen molar-refractivity contribution in [2.75, 3.05) is 30.8 Å². The van der Waals surface area contributed by atoms with Crippen LogP contribution in [0.2, 0.25) is 0 Å². The van der Waals surface area contributed by atoms with E-state index in [0.717, 1.165) is 6.54 Å². The van der Waals surface area contributed by atoms with Crippen LogP contribution in [0.1, 0.15) is 26.3 Å². The van der Waals surface area contributed by atoms with Crippen molar-refractivity contribution in [1.82, 2.24) is 9.97 Å². The molecular formula is C12H19N5O. The minimum Gasteiger partial charge on any atom is -0.480 e. The molecular weight excluding hydrogens is 230 g/mol. The summed E-state index contributed by atoms with van der Waals surface area (Å²) in [6.07, 6.45) is 0. The van der Waals surface area contributed by atoms with E-state index in [0.29, 0.717) is 29.8 Å². The zero-order valence-electron chi connectivity index (χ0n) is 11.2. The van der Waals surface area contributed by atoms with Crippen molar-refractivity contribution in [3.05, 3.63) is 5.56 Å². The molecule has 0 atom stereocenters. The Kier molecular flexibility index (Phi) is 5.18. The van der Waals surface area contributed by atoms with Gasteiger partial charge in [-0.2, -0.15) is 15.2 Å². The van der Waals surface area contributed by atoms with Gasteiger partial charge in [-0.1, -0.05) is 13.8 Å². The second-order valence-electron chi connectivity index (χ2n) is 4.20. The highest BCUT2D eigenvalue weighted by molar-refractivity contribution is 5.59. The first-order valence-electron chi connectivity index (χ1n) is 5.96. The lowest BCUT2D eigenvalue weighted by atomic mass is 10.2. The lowest BCUT2D eigenvalue weighted by Crippen LogP contribution is -2.13. The summed E-state index contributed by atoms with van der Waals surface area (Å²) < 4.78 is 5.12. The summed E-state index contributed by atoms with van der Waals surface area (Å²) in [7, 11) is 1.49. The first-order chi connectivity index (χ1) is 8.62. The molecule has 0 saturated carbocycles. The van der Waals surface area contributed by atoms with E-state index in [9.17, 15) is 0 Å². The van der Waals surface area contributed by atoms with Crippen LogP contribution in [0.4, 0.5) is 11.8 Å². The minimum absolute atomic E-state index is 0.287. The number of methoxy groups -OCH3 is 1. The molecule has 2 N–H and O–H groups in total. The van der Waals surface area contributed by atoms with Crippen LogP contribution in [-0.2, 0) is 0 Å². The second-order valence-corrected chi connectivity index (χ2v) is 4.20. The standard InChI is InChI=1S/C12H19N5O/c1-5-14-10-9(6-13)11(18-4)17-12(16-10)15-7-8(2)3/h8H,5,7H2,1-4H3,(H2,14,15,16,17). The number of aromatic nitrogens is 2. The fourth-order valence-corrected chi connectivity index (χ4v) is 1.36. The van der Waals surface area contributed by atoms with Gasteiger partial charge in [0.2, 0.25) is 11.8 Å². The quantitative estimate of drug-likeness (QED) is 0.800. The maximum Gasteiger partial charge on any atom is 0.238 e. The molecule has 0 spiro atoms. The molecule has 0 aromatic carbocycles. The molecule has 98 valence electrons. The Hall–Kier alpha value is -2.03. The number of nitrogens with one attached hydrogen (secondary N) is 2. The fourth-order valence-electron chi connectivity index (χ4n) is 1.36. The van der Waals surface area contributed by atoms with Crippen LogP contribution in [0, 0.1) is 17.2 Å². The van der Waals surface area contributed by atoms with Crippen molar-refractivity contribution in [3.63, 3.8) is 0 Å². The van der Waals surface area contributed by atoms with Gasteiger partial charge in [0, 0.05) is 13.1 Å². The SMILES string of the molecule is CCNc1nc(NCC(C)C)nc(OC)c1C#N. The number of nitrogens with zero attached hydrogens (tertiary/aromatic N) is 3. The summed E-state index contributed by atoms with van der Waals surface area (Å²) in [5.41, 5.74) is 0.328. The summed E-state index contributed by atoms with van der Waals surface area (Å²) in [5, 5.41) is 15.2. The van der Waals surface area contributed by atoms with Gasteiger partial charge in [-0.25, -0.2) is 0 Å². The summed E-state index contributed by atoms with van der Waals surface area (Å²) >= 11 is 0. The minimum atomic E-state index is 0.287. The van der Waals surface area contributed by atoms with Crippen molar-refractivity contribution in [1.29, 1.82) is 5.26 Å². The smallest absolute Gasteiger partial charge is 0.238 e. The largest absolute Gasteiger partial charge is 0.480 e. The van der Waals surface area contributed by atoms with E-state index in [1.54, 1.807) is 0 Å². The van der Waals surface area contributed by atoms with Gasteiger partial charge in [0.15, 0.2) is 11.4 Å². The van der Waals surface area contributed by atoms with E-state index in [-0.39, 0.29) is 5.88 Å². The zero-order chi connectivity index (χ0) is 13.5. The highest BCUT2D eigenvalue weighted by Crippen LogP contribution is 2.23. The molecule has 6 nitrogen and oxygen atoms in total. The molecule has 0 fully saturated rings. The highest BCUT2D eigenvalue weighted by Gasteiger charge is 2.14. The third-order valence-corrected chi connectivity index (χ3v) is 2.19. The molecule has 18 heavy (non-hydrogen) atoms. The van der Waals surface area contributed by atoms with E-state index in [4.69, 9.17) is 10.00 Å². The van der Waals surface area contributed by atoms with Gasteiger partial charge in [0.05, 0.1) is 7.11 Å². The summed E-state index contributed by atoms with van der Waals surface area (Å²) in [6.45, 7) is 7.58. The highest BCUT2D eigenvalue weighted by atomic mass is 16.5. The monoisotopic (exact) mass is 249 g/mol. The Bertz CT molecular complexity index is 439. The molecule has 0 saturated heterocycles.